The Kier molecular flexibility index (Phi) is 5.36. The summed E-state index contributed by atoms with van der Waals surface area (Å²) in [5.41, 5.74) is 1.65. The third-order valence-electron chi connectivity index (χ3n) is 4.86. The molecule has 26 heavy (non-hydrogen) atoms. The average Bonchev–Trinajstić information content (AvgIpc) is 3.33. The molecule has 1 aromatic heterocycles. The van der Waals surface area contributed by atoms with Crippen LogP contribution in [-0.2, 0) is 0 Å². The van der Waals surface area contributed by atoms with E-state index in [-0.39, 0.29) is 17.4 Å². The zero-order chi connectivity index (χ0) is 17.9. The minimum absolute atomic E-state index is 0.000100. The number of benzene rings is 1. The van der Waals surface area contributed by atoms with Crippen LogP contribution in [0.5, 0.6) is 5.88 Å². The molecule has 2 heterocycles. The molecule has 0 radical (unpaired) electrons. The van der Waals surface area contributed by atoms with Crippen LogP contribution in [0.15, 0.2) is 42.6 Å². The van der Waals surface area contributed by atoms with Gasteiger partial charge in [0.15, 0.2) is 0 Å². The molecule has 4 rings (SSSR count). The standard InChI is InChI=1S/C20H21ClN2O2S/c21-16-5-3-4-14(12-16)20-23(10-11-26-20)19(24)15-8-9-18(22-13-15)25-17-6-1-2-7-17/h3-5,8-9,12-13,17,20H,1-2,6-7,10-11H2. The lowest BCUT2D eigenvalue weighted by Gasteiger charge is -2.24. The van der Waals surface area contributed by atoms with E-state index in [9.17, 15) is 4.79 Å². The molecule has 1 aliphatic carbocycles. The van der Waals surface area contributed by atoms with E-state index in [0.717, 1.165) is 30.7 Å². The van der Waals surface area contributed by atoms with Crippen LogP contribution in [0.25, 0.3) is 0 Å². The topological polar surface area (TPSA) is 42.4 Å². The second-order valence-electron chi connectivity index (χ2n) is 6.69. The van der Waals surface area contributed by atoms with Crippen molar-refractivity contribution in [1.82, 2.24) is 9.88 Å². The van der Waals surface area contributed by atoms with Crippen LogP contribution >= 0.6 is 23.4 Å². The molecule has 1 unspecified atom stereocenters. The lowest BCUT2D eigenvalue weighted by Crippen LogP contribution is -2.30. The molecule has 1 aromatic carbocycles. The number of ether oxygens (including phenoxy) is 1. The molecule has 0 N–H and O–H groups in total. The zero-order valence-electron chi connectivity index (χ0n) is 14.4. The first kappa shape index (κ1) is 17.7. The number of rotatable bonds is 4. The van der Waals surface area contributed by atoms with E-state index in [2.05, 4.69) is 4.98 Å². The summed E-state index contributed by atoms with van der Waals surface area (Å²) in [5, 5.41) is 0.688. The molecular weight excluding hydrogens is 368 g/mol. The number of carbonyl (C=O) groups excluding carboxylic acids is 1. The lowest BCUT2D eigenvalue weighted by molar-refractivity contribution is 0.0759. The second-order valence-corrected chi connectivity index (χ2v) is 8.31. The highest BCUT2D eigenvalue weighted by molar-refractivity contribution is 7.99. The van der Waals surface area contributed by atoms with Crippen LogP contribution in [0.3, 0.4) is 0 Å². The summed E-state index contributed by atoms with van der Waals surface area (Å²) in [4.78, 5) is 19.2. The molecule has 1 saturated carbocycles. The molecular formula is C20H21ClN2O2S. The fraction of sp³-hybridized carbons (Fsp3) is 0.400. The number of amides is 1. The first-order valence-corrected chi connectivity index (χ1v) is 10.4. The van der Waals surface area contributed by atoms with Gasteiger partial charge in [0.2, 0.25) is 5.88 Å². The molecule has 0 spiro atoms. The fourth-order valence-electron chi connectivity index (χ4n) is 3.53. The summed E-state index contributed by atoms with van der Waals surface area (Å²) < 4.78 is 5.88. The van der Waals surface area contributed by atoms with Crippen molar-refractivity contribution in [3.63, 3.8) is 0 Å². The third kappa shape index (κ3) is 3.84. The maximum atomic E-state index is 13.0. The van der Waals surface area contributed by atoms with Crippen molar-refractivity contribution in [3.8, 4) is 5.88 Å². The SMILES string of the molecule is O=C(c1ccc(OC2CCCC2)nc1)N1CCSC1c1cccc(Cl)c1. The molecule has 2 aliphatic rings. The Bertz CT molecular complexity index is 778. The van der Waals surface area contributed by atoms with Gasteiger partial charge in [-0.1, -0.05) is 23.7 Å². The number of hydrogen-bond acceptors (Lipinski definition) is 4. The van der Waals surface area contributed by atoms with Gasteiger partial charge in [-0.05, 0) is 49.4 Å². The van der Waals surface area contributed by atoms with E-state index in [1.165, 1.54) is 12.8 Å². The van der Waals surface area contributed by atoms with Crippen LogP contribution in [0, 0.1) is 0 Å². The van der Waals surface area contributed by atoms with Gasteiger partial charge in [0.05, 0.1) is 5.56 Å². The quantitative estimate of drug-likeness (QED) is 0.743. The molecule has 2 aromatic rings. The highest BCUT2D eigenvalue weighted by Gasteiger charge is 2.31. The van der Waals surface area contributed by atoms with Crippen LogP contribution in [-0.4, -0.2) is 34.2 Å². The van der Waals surface area contributed by atoms with Crippen molar-refractivity contribution in [3.05, 3.63) is 58.7 Å². The summed E-state index contributed by atoms with van der Waals surface area (Å²) in [6, 6.07) is 11.4. The summed E-state index contributed by atoms with van der Waals surface area (Å²) in [6.07, 6.45) is 6.53. The molecule has 1 aliphatic heterocycles. The van der Waals surface area contributed by atoms with Crippen molar-refractivity contribution >= 4 is 29.3 Å². The summed E-state index contributed by atoms with van der Waals surface area (Å²) >= 11 is 7.88. The van der Waals surface area contributed by atoms with Gasteiger partial charge < -0.3 is 9.64 Å². The van der Waals surface area contributed by atoms with Gasteiger partial charge in [0, 0.05) is 29.6 Å². The molecule has 6 heteroatoms. The lowest BCUT2D eigenvalue weighted by atomic mass is 10.2. The largest absolute Gasteiger partial charge is 0.474 e. The van der Waals surface area contributed by atoms with Gasteiger partial charge >= 0.3 is 0 Å². The predicted molar refractivity (Wildman–Crippen MR) is 105 cm³/mol. The number of halogens is 1. The van der Waals surface area contributed by atoms with Crippen LogP contribution in [0.2, 0.25) is 5.02 Å². The van der Waals surface area contributed by atoms with E-state index in [1.54, 1.807) is 18.0 Å². The van der Waals surface area contributed by atoms with Crippen molar-refractivity contribution in [1.29, 1.82) is 0 Å². The maximum absolute atomic E-state index is 13.0. The summed E-state index contributed by atoms with van der Waals surface area (Å²) in [7, 11) is 0. The highest BCUT2D eigenvalue weighted by Crippen LogP contribution is 2.39. The number of hydrogen-bond donors (Lipinski definition) is 0. The van der Waals surface area contributed by atoms with Crippen LogP contribution in [0.1, 0.15) is 47.0 Å². The van der Waals surface area contributed by atoms with Gasteiger partial charge in [-0.3, -0.25) is 4.79 Å². The Labute approximate surface area is 162 Å². The Hall–Kier alpha value is -1.72. The number of aromatic nitrogens is 1. The fourth-order valence-corrected chi connectivity index (χ4v) is 4.98. The van der Waals surface area contributed by atoms with E-state index in [1.807, 2.05) is 41.3 Å². The zero-order valence-corrected chi connectivity index (χ0v) is 16.0. The Morgan fingerprint density at radius 3 is 2.81 bits per heavy atom. The van der Waals surface area contributed by atoms with Gasteiger partial charge in [-0.2, -0.15) is 0 Å². The Morgan fingerprint density at radius 1 is 1.23 bits per heavy atom. The third-order valence-corrected chi connectivity index (χ3v) is 6.35. The Morgan fingerprint density at radius 2 is 2.08 bits per heavy atom. The van der Waals surface area contributed by atoms with Crippen molar-refractivity contribution in [2.75, 3.05) is 12.3 Å². The summed E-state index contributed by atoms with van der Waals surface area (Å²) in [5.74, 6) is 1.52. The van der Waals surface area contributed by atoms with Gasteiger partial charge in [-0.15, -0.1) is 11.8 Å². The maximum Gasteiger partial charge on any atom is 0.256 e. The Balaban J connectivity index is 1.47. The first-order valence-electron chi connectivity index (χ1n) is 9.01. The molecule has 1 amide bonds. The van der Waals surface area contributed by atoms with Crippen molar-refractivity contribution in [2.45, 2.75) is 37.2 Å². The molecule has 0 bridgehead atoms. The van der Waals surface area contributed by atoms with Gasteiger partial charge in [0.25, 0.3) is 5.91 Å². The van der Waals surface area contributed by atoms with E-state index < -0.39 is 0 Å². The van der Waals surface area contributed by atoms with Gasteiger partial charge in [-0.25, -0.2) is 4.98 Å². The average molecular weight is 389 g/mol. The molecule has 2 fully saturated rings. The van der Waals surface area contributed by atoms with E-state index in [4.69, 9.17) is 16.3 Å². The smallest absolute Gasteiger partial charge is 0.256 e. The molecule has 1 saturated heterocycles. The molecule has 4 nitrogen and oxygen atoms in total. The van der Waals surface area contributed by atoms with Crippen molar-refractivity contribution in [2.24, 2.45) is 0 Å². The predicted octanol–water partition coefficient (Wildman–Crippen LogP) is 4.94. The summed E-state index contributed by atoms with van der Waals surface area (Å²) in [6.45, 7) is 0.723. The molecule has 136 valence electrons. The second kappa shape index (κ2) is 7.89. The van der Waals surface area contributed by atoms with E-state index >= 15 is 0 Å². The van der Waals surface area contributed by atoms with Crippen molar-refractivity contribution < 1.29 is 9.53 Å². The highest BCUT2D eigenvalue weighted by atomic mass is 35.5. The first-order chi connectivity index (χ1) is 12.7. The monoisotopic (exact) mass is 388 g/mol. The normalized spacial score (nSPS) is 20.5. The number of carbonyl (C=O) groups is 1. The number of thioether (sulfide) groups is 1. The van der Waals surface area contributed by atoms with Crippen LogP contribution in [0.4, 0.5) is 0 Å². The minimum Gasteiger partial charge on any atom is -0.474 e. The number of pyridine rings is 1. The van der Waals surface area contributed by atoms with E-state index in [0.29, 0.717) is 16.5 Å². The van der Waals surface area contributed by atoms with Gasteiger partial charge in [0.1, 0.15) is 11.5 Å². The molecule has 1 atom stereocenters. The minimum atomic E-state index is -0.00406. The van der Waals surface area contributed by atoms with Crippen LogP contribution < -0.4 is 4.74 Å². The number of nitrogens with zero attached hydrogens (tertiary/aromatic N) is 2.